The van der Waals surface area contributed by atoms with E-state index in [0.717, 1.165) is 0 Å². The quantitative estimate of drug-likeness (QED) is 0.710. The van der Waals surface area contributed by atoms with Crippen LogP contribution in [0.25, 0.3) is 0 Å². The van der Waals surface area contributed by atoms with Gasteiger partial charge in [-0.15, -0.1) is 0 Å². The van der Waals surface area contributed by atoms with Crippen LogP contribution in [0.4, 0.5) is 0 Å². The van der Waals surface area contributed by atoms with Gasteiger partial charge >= 0.3 is 5.97 Å². The average molecular weight is 230 g/mol. The predicted molar refractivity (Wildman–Crippen MR) is 62.0 cm³/mol. The molecular formula is C11H22N2O3. The Kier molecular flexibility index (Phi) is 5.44. The van der Waals surface area contributed by atoms with Crippen molar-refractivity contribution in [2.24, 2.45) is 0 Å². The van der Waals surface area contributed by atoms with Gasteiger partial charge in [0.2, 0.25) is 5.91 Å². The zero-order valence-electron chi connectivity index (χ0n) is 11.0. The van der Waals surface area contributed by atoms with Gasteiger partial charge in [0.25, 0.3) is 0 Å². The van der Waals surface area contributed by atoms with Gasteiger partial charge in [0.05, 0.1) is 12.5 Å². The van der Waals surface area contributed by atoms with Crippen LogP contribution in [0.2, 0.25) is 0 Å². The van der Waals surface area contributed by atoms with Crippen molar-refractivity contribution in [2.75, 3.05) is 21.1 Å². The molecule has 0 heterocycles. The average Bonchev–Trinajstić information content (AvgIpc) is 2.09. The number of carbonyl (C=O) groups is 2. The highest BCUT2D eigenvalue weighted by Crippen LogP contribution is 2.09. The van der Waals surface area contributed by atoms with Crippen molar-refractivity contribution < 1.29 is 14.3 Å². The maximum Gasteiger partial charge on any atom is 0.308 e. The molecule has 16 heavy (non-hydrogen) atoms. The standard InChI is InChI=1S/C11H22N2O3/c1-11(2,3)16-9(14)7-8(12-4)10(15)13(5)6/h8,12H,7H2,1-6H3/t8-/m0/s1. The zero-order chi connectivity index (χ0) is 12.9. The predicted octanol–water partition coefficient (Wildman–Crippen LogP) is 0.394. The monoisotopic (exact) mass is 230 g/mol. The van der Waals surface area contributed by atoms with Gasteiger partial charge in [-0.2, -0.15) is 0 Å². The Labute approximate surface area is 97.1 Å². The molecule has 0 aromatic heterocycles. The SMILES string of the molecule is CN[C@@H](CC(=O)OC(C)(C)C)C(=O)N(C)C. The molecule has 0 saturated carbocycles. The lowest BCUT2D eigenvalue weighted by Crippen LogP contribution is -2.44. The van der Waals surface area contributed by atoms with Crippen LogP contribution < -0.4 is 5.32 Å². The van der Waals surface area contributed by atoms with Gasteiger partial charge in [-0.05, 0) is 27.8 Å². The van der Waals surface area contributed by atoms with E-state index in [1.54, 1.807) is 41.9 Å². The van der Waals surface area contributed by atoms with Crippen LogP contribution in [-0.4, -0.2) is 49.6 Å². The second kappa shape index (κ2) is 5.84. The molecular weight excluding hydrogens is 208 g/mol. The molecule has 0 aliphatic heterocycles. The molecule has 0 aliphatic rings. The molecule has 0 spiro atoms. The number of esters is 1. The highest BCUT2D eigenvalue weighted by molar-refractivity contribution is 5.86. The molecule has 5 heteroatoms. The van der Waals surface area contributed by atoms with Gasteiger partial charge in [-0.1, -0.05) is 0 Å². The molecule has 94 valence electrons. The molecule has 0 rings (SSSR count). The maximum absolute atomic E-state index is 11.6. The summed E-state index contributed by atoms with van der Waals surface area (Å²) in [6.45, 7) is 5.40. The van der Waals surface area contributed by atoms with Crippen molar-refractivity contribution in [1.29, 1.82) is 0 Å². The Hall–Kier alpha value is -1.10. The normalized spacial score (nSPS) is 13.1. The first-order valence-corrected chi connectivity index (χ1v) is 5.27. The first-order chi connectivity index (χ1) is 7.17. The maximum atomic E-state index is 11.6. The lowest BCUT2D eigenvalue weighted by atomic mass is 10.1. The van der Waals surface area contributed by atoms with Gasteiger partial charge in [0, 0.05) is 14.1 Å². The largest absolute Gasteiger partial charge is 0.460 e. The third-order valence-corrected chi connectivity index (χ3v) is 1.88. The molecule has 0 unspecified atom stereocenters. The third-order valence-electron chi connectivity index (χ3n) is 1.88. The van der Waals surface area contributed by atoms with Crippen LogP contribution >= 0.6 is 0 Å². The van der Waals surface area contributed by atoms with Crippen molar-refractivity contribution in [3.8, 4) is 0 Å². The second-order valence-corrected chi connectivity index (χ2v) is 4.86. The van der Waals surface area contributed by atoms with E-state index in [2.05, 4.69) is 5.32 Å². The first kappa shape index (κ1) is 14.9. The number of ether oxygens (including phenoxy) is 1. The minimum atomic E-state index is -0.523. The van der Waals surface area contributed by atoms with Crippen molar-refractivity contribution in [2.45, 2.75) is 38.8 Å². The highest BCUT2D eigenvalue weighted by Gasteiger charge is 2.24. The topological polar surface area (TPSA) is 58.6 Å². The van der Waals surface area contributed by atoms with E-state index < -0.39 is 11.6 Å². The molecule has 0 aromatic rings. The smallest absolute Gasteiger partial charge is 0.308 e. The van der Waals surface area contributed by atoms with Gasteiger partial charge < -0.3 is 15.0 Å². The van der Waals surface area contributed by atoms with E-state index in [-0.39, 0.29) is 18.3 Å². The molecule has 5 nitrogen and oxygen atoms in total. The van der Waals surface area contributed by atoms with Gasteiger partial charge in [0.15, 0.2) is 0 Å². The van der Waals surface area contributed by atoms with Gasteiger partial charge in [-0.25, -0.2) is 0 Å². The second-order valence-electron chi connectivity index (χ2n) is 4.86. The number of likely N-dealkylation sites (N-methyl/N-ethyl adjacent to an activating group) is 2. The fraction of sp³-hybridized carbons (Fsp3) is 0.818. The summed E-state index contributed by atoms with van der Waals surface area (Å²) in [5.74, 6) is -0.504. The van der Waals surface area contributed by atoms with Crippen molar-refractivity contribution >= 4 is 11.9 Å². The highest BCUT2D eigenvalue weighted by atomic mass is 16.6. The zero-order valence-corrected chi connectivity index (χ0v) is 11.0. The van der Waals surface area contributed by atoms with Crippen LogP contribution in [0.15, 0.2) is 0 Å². The minimum absolute atomic E-state index is 0.0464. The third kappa shape index (κ3) is 5.70. The number of carbonyl (C=O) groups excluding carboxylic acids is 2. The van der Waals surface area contributed by atoms with Gasteiger partial charge in [0.1, 0.15) is 5.60 Å². The molecule has 0 bridgehead atoms. The molecule has 1 amide bonds. The Morgan fingerprint density at radius 1 is 1.31 bits per heavy atom. The van der Waals surface area contributed by atoms with E-state index in [1.165, 1.54) is 4.90 Å². The molecule has 0 radical (unpaired) electrons. The molecule has 0 fully saturated rings. The summed E-state index contributed by atoms with van der Waals surface area (Å²) in [5.41, 5.74) is -0.517. The van der Waals surface area contributed by atoms with E-state index in [1.807, 2.05) is 0 Å². The number of nitrogens with zero attached hydrogens (tertiary/aromatic N) is 1. The van der Waals surface area contributed by atoms with Crippen molar-refractivity contribution in [3.63, 3.8) is 0 Å². The summed E-state index contributed by atoms with van der Waals surface area (Å²) >= 11 is 0. The number of rotatable bonds is 4. The van der Waals surface area contributed by atoms with Crippen LogP contribution in [0.1, 0.15) is 27.2 Å². The fourth-order valence-electron chi connectivity index (χ4n) is 1.17. The first-order valence-electron chi connectivity index (χ1n) is 5.27. The number of hydrogen-bond acceptors (Lipinski definition) is 4. The lowest BCUT2D eigenvalue weighted by Gasteiger charge is -2.23. The van der Waals surface area contributed by atoms with Gasteiger partial charge in [-0.3, -0.25) is 9.59 Å². The van der Waals surface area contributed by atoms with Crippen LogP contribution in [-0.2, 0) is 14.3 Å². The summed E-state index contributed by atoms with van der Waals surface area (Å²) in [6.07, 6.45) is 0.0464. The molecule has 0 aliphatic carbocycles. The van der Waals surface area contributed by atoms with Crippen LogP contribution in [0.3, 0.4) is 0 Å². The molecule has 1 N–H and O–H groups in total. The fourth-order valence-corrected chi connectivity index (χ4v) is 1.17. The Morgan fingerprint density at radius 3 is 2.12 bits per heavy atom. The van der Waals surface area contributed by atoms with E-state index in [9.17, 15) is 9.59 Å². The number of nitrogens with one attached hydrogen (secondary N) is 1. The summed E-state index contributed by atoms with van der Waals surface area (Å²) < 4.78 is 5.15. The summed E-state index contributed by atoms with van der Waals surface area (Å²) in [4.78, 5) is 24.6. The minimum Gasteiger partial charge on any atom is -0.460 e. The van der Waals surface area contributed by atoms with Crippen LogP contribution in [0, 0.1) is 0 Å². The summed E-state index contributed by atoms with van der Waals surface area (Å²) in [6, 6.07) is -0.523. The number of hydrogen-bond donors (Lipinski definition) is 1. The molecule has 0 aromatic carbocycles. The van der Waals surface area contributed by atoms with Crippen molar-refractivity contribution in [3.05, 3.63) is 0 Å². The number of amides is 1. The molecule has 1 atom stereocenters. The molecule has 0 saturated heterocycles. The van der Waals surface area contributed by atoms with E-state index in [4.69, 9.17) is 4.74 Å². The Morgan fingerprint density at radius 2 is 1.81 bits per heavy atom. The van der Waals surface area contributed by atoms with E-state index >= 15 is 0 Å². The van der Waals surface area contributed by atoms with E-state index in [0.29, 0.717) is 0 Å². The summed E-state index contributed by atoms with van der Waals surface area (Å²) in [5, 5.41) is 2.81. The lowest BCUT2D eigenvalue weighted by molar-refractivity contribution is -0.157. The summed E-state index contributed by atoms with van der Waals surface area (Å²) in [7, 11) is 4.96. The Bertz CT molecular complexity index is 256. The Balaban J connectivity index is 4.34. The van der Waals surface area contributed by atoms with Crippen LogP contribution in [0.5, 0.6) is 0 Å². The van der Waals surface area contributed by atoms with Crippen molar-refractivity contribution in [1.82, 2.24) is 10.2 Å².